The second kappa shape index (κ2) is 9.33. The number of rotatable bonds is 7. The van der Waals surface area contributed by atoms with Crippen LogP contribution in [0.15, 0.2) is 53.7 Å². The Kier molecular flexibility index (Phi) is 6.61. The van der Waals surface area contributed by atoms with Gasteiger partial charge in [-0.1, -0.05) is 18.7 Å². The number of benzene rings is 2. The van der Waals surface area contributed by atoms with Gasteiger partial charge in [0.2, 0.25) is 11.8 Å². The van der Waals surface area contributed by atoms with E-state index < -0.39 is 0 Å². The van der Waals surface area contributed by atoms with Crippen molar-refractivity contribution < 1.29 is 14.0 Å². The van der Waals surface area contributed by atoms with Crippen LogP contribution in [0.1, 0.15) is 13.3 Å². The van der Waals surface area contributed by atoms with E-state index in [2.05, 4.69) is 20.8 Å². The third kappa shape index (κ3) is 5.41. The van der Waals surface area contributed by atoms with Crippen LogP contribution in [0.5, 0.6) is 0 Å². The molecule has 7 nitrogen and oxygen atoms in total. The van der Waals surface area contributed by atoms with Crippen LogP contribution in [0.4, 0.5) is 15.8 Å². The smallest absolute Gasteiger partial charge is 0.234 e. The van der Waals surface area contributed by atoms with E-state index in [0.717, 1.165) is 11.3 Å². The second-order valence-electron chi connectivity index (χ2n) is 6.19. The number of anilines is 2. The number of aromatic nitrogens is 3. The molecule has 2 N–H and O–H groups in total. The predicted octanol–water partition coefficient (Wildman–Crippen LogP) is 3.70. The summed E-state index contributed by atoms with van der Waals surface area (Å²) in [4.78, 5) is 23.6. The Bertz CT molecular complexity index is 1000. The van der Waals surface area contributed by atoms with Gasteiger partial charge in [-0.05, 0) is 48.5 Å². The molecule has 0 aliphatic rings. The number of hydrogen-bond donors (Lipinski definition) is 2. The molecule has 3 aromatic rings. The van der Waals surface area contributed by atoms with E-state index >= 15 is 0 Å². The van der Waals surface area contributed by atoms with E-state index in [4.69, 9.17) is 0 Å². The van der Waals surface area contributed by atoms with Crippen molar-refractivity contribution in [2.24, 2.45) is 7.05 Å². The number of thioether (sulfide) groups is 1. The molecule has 3 rings (SSSR count). The Morgan fingerprint density at radius 1 is 0.966 bits per heavy atom. The van der Waals surface area contributed by atoms with Crippen LogP contribution in [0.3, 0.4) is 0 Å². The number of carbonyl (C=O) groups excluding carboxylic acids is 2. The zero-order valence-electron chi connectivity index (χ0n) is 16.0. The maximum absolute atomic E-state index is 12.9. The zero-order valence-corrected chi connectivity index (χ0v) is 16.8. The highest BCUT2D eigenvalue weighted by atomic mass is 32.2. The molecule has 2 amide bonds. The summed E-state index contributed by atoms with van der Waals surface area (Å²) in [5.74, 6) is 0.173. The molecular formula is C20H20FN5O2S. The molecule has 0 bridgehead atoms. The molecule has 0 aliphatic carbocycles. The molecule has 150 valence electrons. The van der Waals surface area contributed by atoms with E-state index in [0.29, 0.717) is 23.1 Å². The third-order valence-corrected chi connectivity index (χ3v) is 5.06. The molecular weight excluding hydrogens is 393 g/mol. The van der Waals surface area contributed by atoms with Crippen molar-refractivity contribution in [3.8, 4) is 11.4 Å². The van der Waals surface area contributed by atoms with Crippen LogP contribution in [0, 0.1) is 5.82 Å². The van der Waals surface area contributed by atoms with Crippen LogP contribution < -0.4 is 10.6 Å². The Hall–Kier alpha value is -3.20. The van der Waals surface area contributed by atoms with Crippen LogP contribution in [0.25, 0.3) is 11.4 Å². The van der Waals surface area contributed by atoms with Gasteiger partial charge < -0.3 is 15.2 Å². The van der Waals surface area contributed by atoms with Crippen molar-refractivity contribution in [2.75, 3.05) is 16.4 Å². The van der Waals surface area contributed by atoms with Crippen molar-refractivity contribution in [3.63, 3.8) is 0 Å². The average Bonchev–Trinajstić information content (AvgIpc) is 3.09. The van der Waals surface area contributed by atoms with Crippen molar-refractivity contribution in [1.29, 1.82) is 0 Å². The average molecular weight is 413 g/mol. The van der Waals surface area contributed by atoms with E-state index in [1.165, 1.54) is 36.0 Å². The van der Waals surface area contributed by atoms with Gasteiger partial charge in [0.05, 0.1) is 5.75 Å². The molecule has 0 saturated carbocycles. The van der Waals surface area contributed by atoms with Crippen molar-refractivity contribution in [3.05, 3.63) is 54.3 Å². The number of amides is 2. The molecule has 0 unspecified atom stereocenters. The summed E-state index contributed by atoms with van der Waals surface area (Å²) in [7, 11) is 1.82. The molecule has 2 aromatic carbocycles. The topological polar surface area (TPSA) is 88.9 Å². The third-order valence-electron chi connectivity index (χ3n) is 4.04. The molecule has 1 heterocycles. The van der Waals surface area contributed by atoms with E-state index in [1.807, 2.05) is 19.2 Å². The number of hydrogen-bond acceptors (Lipinski definition) is 5. The Morgan fingerprint density at radius 3 is 2.17 bits per heavy atom. The van der Waals surface area contributed by atoms with E-state index in [9.17, 15) is 14.0 Å². The molecule has 0 spiro atoms. The minimum Gasteiger partial charge on any atom is -0.326 e. The molecule has 9 heteroatoms. The Labute approximate surface area is 171 Å². The van der Waals surface area contributed by atoms with Gasteiger partial charge in [0.15, 0.2) is 11.0 Å². The maximum atomic E-state index is 12.9. The minimum absolute atomic E-state index is 0.0472. The highest BCUT2D eigenvalue weighted by Crippen LogP contribution is 2.24. The molecule has 0 fully saturated rings. The Balaban J connectivity index is 1.61. The SMILES string of the molecule is CCC(=O)Nc1ccc(-c2nnc(SCC(=O)Nc3ccc(F)cc3)n2C)cc1. The number of nitrogens with one attached hydrogen (secondary N) is 2. The summed E-state index contributed by atoms with van der Waals surface area (Å²) < 4.78 is 14.7. The normalized spacial score (nSPS) is 10.6. The quantitative estimate of drug-likeness (QED) is 0.577. The second-order valence-corrected chi connectivity index (χ2v) is 7.13. The highest BCUT2D eigenvalue weighted by molar-refractivity contribution is 7.99. The lowest BCUT2D eigenvalue weighted by molar-refractivity contribution is -0.116. The van der Waals surface area contributed by atoms with Gasteiger partial charge >= 0.3 is 0 Å². The lowest BCUT2D eigenvalue weighted by Crippen LogP contribution is -2.14. The lowest BCUT2D eigenvalue weighted by atomic mass is 10.2. The maximum Gasteiger partial charge on any atom is 0.234 e. The van der Waals surface area contributed by atoms with Gasteiger partial charge in [-0.3, -0.25) is 9.59 Å². The Morgan fingerprint density at radius 2 is 1.55 bits per heavy atom. The van der Waals surface area contributed by atoms with Crippen LogP contribution in [-0.2, 0) is 16.6 Å². The van der Waals surface area contributed by atoms with Crippen molar-refractivity contribution in [1.82, 2.24) is 14.8 Å². The highest BCUT2D eigenvalue weighted by Gasteiger charge is 2.13. The van der Waals surface area contributed by atoms with Gasteiger partial charge in [0.1, 0.15) is 5.82 Å². The fourth-order valence-corrected chi connectivity index (χ4v) is 3.22. The first-order valence-corrected chi connectivity index (χ1v) is 9.92. The summed E-state index contributed by atoms with van der Waals surface area (Å²) in [5, 5.41) is 14.4. The fraction of sp³-hybridized carbons (Fsp3) is 0.200. The summed E-state index contributed by atoms with van der Waals surface area (Å²) in [6.45, 7) is 1.79. The first-order chi connectivity index (χ1) is 14.0. The lowest BCUT2D eigenvalue weighted by Gasteiger charge is -2.07. The van der Waals surface area contributed by atoms with Crippen LogP contribution in [0.2, 0.25) is 0 Å². The van der Waals surface area contributed by atoms with Gasteiger partial charge in [-0.2, -0.15) is 0 Å². The number of nitrogens with zero attached hydrogens (tertiary/aromatic N) is 3. The first kappa shape index (κ1) is 20.5. The van der Waals surface area contributed by atoms with E-state index in [1.54, 1.807) is 23.6 Å². The summed E-state index contributed by atoms with van der Waals surface area (Å²) in [6.07, 6.45) is 0.417. The monoisotopic (exact) mass is 413 g/mol. The van der Waals surface area contributed by atoms with Gasteiger partial charge in [0, 0.05) is 30.4 Å². The molecule has 0 radical (unpaired) electrons. The summed E-state index contributed by atoms with van der Waals surface area (Å²) >= 11 is 1.25. The summed E-state index contributed by atoms with van der Waals surface area (Å²) in [6, 6.07) is 12.9. The largest absolute Gasteiger partial charge is 0.326 e. The van der Waals surface area contributed by atoms with Crippen molar-refractivity contribution >= 4 is 35.0 Å². The van der Waals surface area contributed by atoms with Gasteiger partial charge in [0.25, 0.3) is 0 Å². The molecule has 0 aliphatic heterocycles. The van der Waals surface area contributed by atoms with E-state index in [-0.39, 0.29) is 23.4 Å². The fourth-order valence-electron chi connectivity index (χ4n) is 2.50. The predicted molar refractivity (Wildman–Crippen MR) is 111 cm³/mol. The molecule has 0 atom stereocenters. The first-order valence-electron chi connectivity index (χ1n) is 8.94. The van der Waals surface area contributed by atoms with Crippen LogP contribution >= 0.6 is 11.8 Å². The number of carbonyl (C=O) groups is 2. The minimum atomic E-state index is -0.357. The van der Waals surface area contributed by atoms with Crippen LogP contribution in [-0.4, -0.2) is 32.3 Å². The van der Waals surface area contributed by atoms with Gasteiger partial charge in [-0.25, -0.2) is 4.39 Å². The zero-order chi connectivity index (χ0) is 20.8. The standard InChI is InChI=1S/C20H20FN5O2S/c1-3-17(27)22-15-8-4-13(5-9-15)19-24-25-20(26(19)2)29-12-18(28)23-16-10-6-14(21)7-11-16/h4-11H,3,12H2,1-2H3,(H,22,27)(H,23,28). The number of halogens is 1. The molecule has 0 saturated heterocycles. The van der Waals surface area contributed by atoms with Gasteiger partial charge in [-0.15, -0.1) is 10.2 Å². The molecule has 29 heavy (non-hydrogen) atoms. The van der Waals surface area contributed by atoms with Crippen molar-refractivity contribution in [2.45, 2.75) is 18.5 Å². The summed E-state index contributed by atoms with van der Waals surface area (Å²) in [5.41, 5.74) is 2.10. The molecule has 1 aromatic heterocycles.